The highest BCUT2D eigenvalue weighted by Gasteiger charge is 2.30. The summed E-state index contributed by atoms with van der Waals surface area (Å²) in [7, 11) is 0. The molecule has 0 saturated heterocycles. The first-order valence-corrected chi connectivity index (χ1v) is 10.4. The average Bonchev–Trinajstić information content (AvgIpc) is 3.09. The van der Waals surface area contributed by atoms with Gasteiger partial charge in [-0.1, -0.05) is 31.9 Å². The largest absolute Gasteiger partial charge is 0.416 e. The summed E-state index contributed by atoms with van der Waals surface area (Å²) < 4.78 is 40.4. The summed E-state index contributed by atoms with van der Waals surface area (Å²) in [5.41, 5.74) is 1.06. The third-order valence-corrected chi connectivity index (χ3v) is 5.85. The van der Waals surface area contributed by atoms with Crippen LogP contribution in [-0.4, -0.2) is 25.6 Å². The Balaban J connectivity index is 1.67. The minimum absolute atomic E-state index is 0.0404. The lowest BCUT2D eigenvalue weighted by Crippen LogP contribution is -2.34. The summed E-state index contributed by atoms with van der Waals surface area (Å²) in [6.45, 7) is 2.46. The first-order valence-electron chi connectivity index (χ1n) is 10.4. The monoisotopic (exact) mass is 428 g/mol. The molecule has 6 nitrogen and oxygen atoms in total. The van der Waals surface area contributed by atoms with Crippen LogP contribution in [0.4, 0.5) is 19.0 Å². The second-order valence-electron chi connectivity index (χ2n) is 7.98. The second-order valence-corrected chi connectivity index (χ2v) is 7.98. The number of hydrogen-bond acceptors (Lipinski definition) is 5. The molecule has 0 radical (unpaired) electrons. The third kappa shape index (κ3) is 4.48. The minimum Gasteiger partial charge on any atom is -0.365 e. The van der Waals surface area contributed by atoms with Gasteiger partial charge in [0.25, 0.3) is 0 Å². The number of alkyl halides is 3. The van der Waals surface area contributed by atoms with Crippen molar-refractivity contribution < 1.29 is 13.2 Å². The smallest absolute Gasteiger partial charge is 0.365 e. The molecular weight excluding hydrogens is 405 g/mol. The van der Waals surface area contributed by atoms with Crippen LogP contribution < -0.4 is 5.32 Å². The number of nitriles is 1. The Kier molecular flexibility index (Phi) is 5.81. The van der Waals surface area contributed by atoms with E-state index in [2.05, 4.69) is 27.2 Å². The summed E-state index contributed by atoms with van der Waals surface area (Å²) in [4.78, 5) is 12.9. The summed E-state index contributed by atoms with van der Waals surface area (Å²) in [6, 6.07) is 7.30. The molecule has 2 aromatic heterocycles. The van der Waals surface area contributed by atoms with Gasteiger partial charge in [0.1, 0.15) is 11.6 Å². The van der Waals surface area contributed by atoms with E-state index in [9.17, 15) is 18.4 Å². The molecule has 1 atom stereocenters. The van der Waals surface area contributed by atoms with Crippen LogP contribution >= 0.6 is 0 Å². The third-order valence-electron chi connectivity index (χ3n) is 5.85. The lowest BCUT2D eigenvalue weighted by molar-refractivity contribution is -0.137. The number of aromatic nitrogens is 4. The summed E-state index contributed by atoms with van der Waals surface area (Å²) in [5, 5.41) is 12.9. The molecule has 0 unspecified atom stereocenters. The van der Waals surface area contributed by atoms with E-state index in [0.717, 1.165) is 25.0 Å². The van der Waals surface area contributed by atoms with Gasteiger partial charge < -0.3 is 9.88 Å². The van der Waals surface area contributed by atoms with Crippen molar-refractivity contribution in [1.82, 2.24) is 19.5 Å². The Morgan fingerprint density at radius 2 is 1.97 bits per heavy atom. The van der Waals surface area contributed by atoms with Crippen molar-refractivity contribution in [3.05, 3.63) is 47.5 Å². The number of nitrogens with zero attached hydrogens (tertiary/aromatic N) is 5. The zero-order valence-corrected chi connectivity index (χ0v) is 17.2. The number of imidazole rings is 1. The Morgan fingerprint density at radius 3 is 2.55 bits per heavy atom. The molecular formula is C22H23F3N6. The van der Waals surface area contributed by atoms with Gasteiger partial charge in [-0.15, -0.1) is 0 Å². The van der Waals surface area contributed by atoms with E-state index >= 15 is 0 Å². The van der Waals surface area contributed by atoms with E-state index in [1.807, 2.05) is 10.6 Å². The molecule has 1 N–H and O–H groups in total. The van der Waals surface area contributed by atoms with Crippen molar-refractivity contribution >= 4 is 17.0 Å². The quantitative estimate of drug-likeness (QED) is 0.563. The Hall–Kier alpha value is -3.15. The number of nitrogens with one attached hydrogen (secondary N) is 1. The molecule has 1 aromatic carbocycles. The molecule has 1 fully saturated rings. The van der Waals surface area contributed by atoms with Gasteiger partial charge >= 0.3 is 6.18 Å². The van der Waals surface area contributed by atoms with E-state index in [1.54, 1.807) is 6.33 Å². The molecule has 0 amide bonds. The molecule has 1 aliphatic rings. The lowest BCUT2D eigenvalue weighted by Gasteiger charge is -2.34. The fourth-order valence-corrected chi connectivity index (χ4v) is 4.00. The highest BCUT2D eigenvalue weighted by atomic mass is 19.4. The molecule has 2 heterocycles. The van der Waals surface area contributed by atoms with Gasteiger partial charge in [0.05, 0.1) is 11.9 Å². The maximum atomic E-state index is 12.8. The highest BCUT2D eigenvalue weighted by molar-refractivity contribution is 5.84. The van der Waals surface area contributed by atoms with E-state index in [1.165, 1.54) is 31.4 Å². The Morgan fingerprint density at radius 1 is 1.23 bits per heavy atom. The van der Waals surface area contributed by atoms with Gasteiger partial charge in [-0.05, 0) is 42.9 Å². The van der Waals surface area contributed by atoms with Crippen LogP contribution in [0.1, 0.15) is 56.0 Å². The van der Waals surface area contributed by atoms with Gasteiger partial charge in [-0.3, -0.25) is 0 Å². The van der Waals surface area contributed by atoms with Gasteiger partial charge in [0.15, 0.2) is 11.5 Å². The summed E-state index contributed by atoms with van der Waals surface area (Å²) in [5.74, 6) is 1.16. The van der Waals surface area contributed by atoms with Crippen LogP contribution in [0, 0.1) is 17.2 Å². The average molecular weight is 428 g/mol. The van der Waals surface area contributed by atoms with Crippen molar-refractivity contribution in [3.63, 3.8) is 0 Å². The van der Waals surface area contributed by atoms with E-state index in [0.29, 0.717) is 35.0 Å². The minimum atomic E-state index is -4.37. The van der Waals surface area contributed by atoms with Crippen molar-refractivity contribution in [2.45, 2.75) is 57.8 Å². The van der Waals surface area contributed by atoms with Gasteiger partial charge in [0.2, 0.25) is 5.82 Å². The maximum absolute atomic E-state index is 12.8. The molecule has 0 aliphatic heterocycles. The first kappa shape index (κ1) is 21.1. The molecule has 9 heteroatoms. The normalized spacial score (nSPS) is 15.5. The van der Waals surface area contributed by atoms with Crippen LogP contribution in [0.2, 0.25) is 0 Å². The standard InChI is InChI=1S/C22H23F3N6/c1-2-4-17(15-5-3-6-15)28-21-19-20(29-18(11-26)30-21)27-13-31(19)12-14-7-9-16(10-8-14)22(23,24)25/h7-10,13,15,17H,2-6,12H2,1H3,(H,28,29,30)/t17-/m1/s1. The van der Waals surface area contributed by atoms with Crippen molar-refractivity contribution in [3.8, 4) is 6.07 Å². The zero-order valence-electron chi connectivity index (χ0n) is 17.2. The predicted molar refractivity (Wildman–Crippen MR) is 110 cm³/mol. The van der Waals surface area contributed by atoms with Gasteiger partial charge in [-0.2, -0.15) is 28.4 Å². The zero-order chi connectivity index (χ0) is 22.0. The van der Waals surface area contributed by atoms with Crippen molar-refractivity contribution in [2.75, 3.05) is 5.32 Å². The fourth-order valence-electron chi connectivity index (χ4n) is 4.00. The molecule has 1 aliphatic carbocycles. The SMILES string of the molecule is CCC[C@@H](Nc1nc(C#N)nc2ncn(Cc3ccc(C(F)(F)F)cc3)c12)C1CCC1. The fraction of sp³-hybridized carbons (Fsp3) is 0.455. The first-order chi connectivity index (χ1) is 14.9. The van der Waals surface area contributed by atoms with Gasteiger partial charge in [-0.25, -0.2) is 4.98 Å². The number of anilines is 1. The molecule has 31 heavy (non-hydrogen) atoms. The van der Waals surface area contributed by atoms with Crippen molar-refractivity contribution in [1.29, 1.82) is 5.26 Å². The van der Waals surface area contributed by atoms with Crippen molar-refractivity contribution in [2.24, 2.45) is 5.92 Å². The molecule has 3 aromatic rings. The lowest BCUT2D eigenvalue weighted by atomic mass is 9.78. The highest BCUT2D eigenvalue weighted by Crippen LogP contribution is 2.34. The molecule has 4 rings (SSSR count). The summed E-state index contributed by atoms with van der Waals surface area (Å²) >= 11 is 0. The van der Waals surface area contributed by atoms with Crippen LogP contribution in [0.25, 0.3) is 11.2 Å². The second kappa shape index (κ2) is 8.53. The number of fused-ring (bicyclic) bond motifs is 1. The Bertz CT molecular complexity index is 1090. The predicted octanol–water partition coefficient (Wildman–Crippen LogP) is 5.15. The topological polar surface area (TPSA) is 79.4 Å². The molecule has 162 valence electrons. The van der Waals surface area contributed by atoms with E-state index in [-0.39, 0.29) is 11.9 Å². The molecule has 1 saturated carbocycles. The maximum Gasteiger partial charge on any atom is 0.416 e. The van der Waals surface area contributed by atoms with Gasteiger partial charge in [0, 0.05) is 12.6 Å². The molecule has 0 bridgehead atoms. The van der Waals surface area contributed by atoms with Crippen LogP contribution in [0.3, 0.4) is 0 Å². The van der Waals surface area contributed by atoms with Crippen LogP contribution in [-0.2, 0) is 12.7 Å². The van der Waals surface area contributed by atoms with E-state index in [4.69, 9.17) is 0 Å². The molecule has 0 spiro atoms. The number of benzene rings is 1. The summed E-state index contributed by atoms with van der Waals surface area (Å²) in [6.07, 6.45) is 2.80. The number of hydrogen-bond donors (Lipinski definition) is 1. The van der Waals surface area contributed by atoms with Crippen LogP contribution in [0.15, 0.2) is 30.6 Å². The Labute approximate surface area is 178 Å². The van der Waals surface area contributed by atoms with Crippen LogP contribution in [0.5, 0.6) is 0 Å². The number of rotatable bonds is 7. The van der Waals surface area contributed by atoms with E-state index < -0.39 is 11.7 Å². The number of halogens is 3.